The molecule has 6 nitrogen and oxygen atoms in total. The van der Waals surface area contributed by atoms with Crippen molar-refractivity contribution in [2.45, 2.75) is 19.9 Å². The number of nitrogens with one attached hydrogen (secondary N) is 1. The molecule has 0 fully saturated rings. The second-order valence-corrected chi connectivity index (χ2v) is 6.52. The Hall–Kier alpha value is -3.25. The number of aromatic nitrogens is 3. The van der Waals surface area contributed by atoms with Crippen molar-refractivity contribution in [2.24, 2.45) is 0 Å². The predicted molar refractivity (Wildman–Crippen MR) is 109 cm³/mol. The molecule has 0 bridgehead atoms. The maximum absolute atomic E-state index is 11.0. The van der Waals surface area contributed by atoms with Crippen LogP contribution >= 0.6 is 11.6 Å². The fraction of sp³-hybridized carbons (Fsp3) is 0.143. The maximum Gasteiger partial charge on any atom is 0.219 e. The molecule has 1 N–H and O–H groups in total. The molecule has 3 rings (SSSR count). The largest absolute Gasteiger partial charge is 0.437 e. The van der Waals surface area contributed by atoms with Gasteiger partial charge in [-0.2, -0.15) is 0 Å². The molecule has 0 saturated heterocycles. The minimum Gasteiger partial charge on any atom is -0.437 e. The summed E-state index contributed by atoms with van der Waals surface area (Å²) in [6, 6.07) is 9.00. The van der Waals surface area contributed by atoms with Gasteiger partial charge in [-0.25, -0.2) is 4.98 Å². The highest BCUT2D eigenvalue weighted by atomic mass is 35.5. The number of benzene rings is 1. The Balaban J connectivity index is 1.67. The lowest BCUT2D eigenvalue weighted by molar-refractivity contribution is -0.119. The van der Waals surface area contributed by atoms with Crippen LogP contribution in [0, 0.1) is 0 Å². The summed E-state index contributed by atoms with van der Waals surface area (Å²) in [5, 5.41) is 3.24. The Morgan fingerprint density at radius 2 is 2.04 bits per heavy atom. The Labute approximate surface area is 168 Å². The molecular weight excluding hydrogens is 376 g/mol. The zero-order valence-corrected chi connectivity index (χ0v) is 16.2. The van der Waals surface area contributed by atoms with Crippen molar-refractivity contribution in [3.8, 4) is 22.9 Å². The van der Waals surface area contributed by atoms with Crippen LogP contribution in [0.2, 0.25) is 5.02 Å². The molecule has 1 aromatic carbocycles. The van der Waals surface area contributed by atoms with E-state index in [0.29, 0.717) is 16.7 Å². The lowest BCUT2D eigenvalue weighted by Crippen LogP contribution is -2.28. The van der Waals surface area contributed by atoms with Gasteiger partial charge in [0.05, 0.1) is 16.9 Å². The number of halogens is 1. The monoisotopic (exact) mass is 394 g/mol. The van der Waals surface area contributed by atoms with Gasteiger partial charge in [0.25, 0.3) is 0 Å². The van der Waals surface area contributed by atoms with Gasteiger partial charge in [-0.05, 0) is 36.8 Å². The van der Waals surface area contributed by atoms with E-state index in [1.54, 1.807) is 43.0 Å². The SMILES string of the molecule is CC(=O)N[C@@H](C)/C=C/c1ccc(Oc2ccc(-c3cnccn3)cc2Cl)nc1. The number of hydrogen-bond acceptors (Lipinski definition) is 5. The summed E-state index contributed by atoms with van der Waals surface area (Å²) < 4.78 is 5.77. The summed E-state index contributed by atoms with van der Waals surface area (Å²) in [6.07, 6.45) is 10.4. The molecule has 1 atom stereocenters. The van der Waals surface area contributed by atoms with Crippen molar-refractivity contribution >= 4 is 23.6 Å². The second kappa shape index (κ2) is 9.10. The molecule has 0 aliphatic heterocycles. The Kier molecular flexibility index (Phi) is 6.34. The van der Waals surface area contributed by atoms with Crippen molar-refractivity contribution in [1.82, 2.24) is 20.3 Å². The summed E-state index contributed by atoms with van der Waals surface area (Å²) in [7, 11) is 0. The number of rotatable bonds is 6. The first kappa shape index (κ1) is 19.5. The van der Waals surface area contributed by atoms with Crippen LogP contribution in [0.25, 0.3) is 17.3 Å². The Morgan fingerprint density at radius 3 is 2.68 bits per heavy atom. The molecule has 0 saturated carbocycles. The smallest absolute Gasteiger partial charge is 0.219 e. The third kappa shape index (κ3) is 5.37. The van der Waals surface area contributed by atoms with Gasteiger partial charge in [-0.15, -0.1) is 0 Å². The summed E-state index contributed by atoms with van der Waals surface area (Å²) in [5.74, 6) is 0.867. The van der Waals surface area contributed by atoms with Crippen LogP contribution in [-0.4, -0.2) is 26.9 Å². The Morgan fingerprint density at radius 1 is 1.18 bits per heavy atom. The third-order valence-corrected chi connectivity index (χ3v) is 4.07. The molecule has 0 aliphatic carbocycles. The molecule has 142 valence electrons. The lowest BCUT2D eigenvalue weighted by atomic mass is 10.1. The third-order valence-electron chi connectivity index (χ3n) is 3.77. The molecule has 2 aromatic heterocycles. The van der Waals surface area contributed by atoms with E-state index in [1.807, 2.05) is 31.2 Å². The Bertz CT molecular complexity index is 975. The van der Waals surface area contributed by atoms with Crippen LogP contribution in [0.5, 0.6) is 11.6 Å². The van der Waals surface area contributed by atoms with Gasteiger partial charge in [0.2, 0.25) is 11.8 Å². The van der Waals surface area contributed by atoms with Crippen molar-refractivity contribution in [2.75, 3.05) is 0 Å². The van der Waals surface area contributed by atoms with Crippen molar-refractivity contribution in [3.05, 3.63) is 71.8 Å². The van der Waals surface area contributed by atoms with E-state index in [0.717, 1.165) is 16.8 Å². The molecule has 0 radical (unpaired) electrons. The molecule has 3 aromatic rings. The van der Waals surface area contributed by atoms with E-state index in [1.165, 1.54) is 6.92 Å². The van der Waals surface area contributed by atoms with Gasteiger partial charge < -0.3 is 10.1 Å². The zero-order chi connectivity index (χ0) is 19.9. The number of ether oxygens (including phenoxy) is 1. The first-order valence-electron chi connectivity index (χ1n) is 8.66. The number of amides is 1. The van der Waals surface area contributed by atoms with E-state index in [9.17, 15) is 4.79 Å². The van der Waals surface area contributed by atoms with Crippen LogP contribution in [0.15, 0.2) is 61.2 Å². The van der Waals surface area contributed by atoms with Crippen molar-refractivity contribution < 1.29 is 9.53 Å². The van der Waals surface area contributed by atoms with Crippen LogP contribution in [-0.2, 0) is 4.79 Å². The van der Waals surface area contributed by atoms with Gasteiger partial charge in [0, 0.05) is 43.2 Å². The highest BCUT2D eigenvalue weighted by Crippen LogP contribution is 2.32. The number of carbonyl (C=O) groups is 1. The maximum atomic E-state index is 11.0. The minimum absolute atomic E-state index is 0.0555. The summed E-state index contributed by atoms with van der Waals surface area (Å²) in [5.41, 5.74) is 2.49. The normalized spacial score (nSPS) is 12.0. The molecule has 0 spiro atoms. The van der Waals surface area contributed by atoms with E-state index < -0.39 is 0 Å². The van der Waals surface area contributed by atoms with Crippen molar-refractivity contribution in [1.29, 1.82) is 0 Å². The van der Waals surface area contributed by atoms with Crippen LogP contribution < -0.4 is 10.1 Å². The first-order valence-corrected chi connectivity index (χ1v) is 9.04. The lowest BCUT2D eigenvalue weighted by Gasteiger charge is -2.09. The molecule has 0 aliphatic rings. The standard InChI is InChI=1S/C21H19ClN4O2/c1-14(26-15(2)27)3-4-16-5-8-21(25-12-16)28-20-7-6-17(11-18(20)22)19-13-23-9-10-24-19/h3-14H,1-2H3,(H,26,27)/b4-3+/t14-/m0/s1. The van der Waals surface area contributed by atoms with Gasteiger partial charge in [-0.1, -0.05) is 23.8 Å². The van der Waals surface area contributed by atoms with Crippen LogP contribution in [0.1, 0.15) is 19.4 Å². The average Bonchev–Trinajstić information content (AvgIpc) is 2.69. The topological polar surface area (TPSA) is 77.0 Å². The molecule has 7 heteroatoms. The van der Waals surface area contributed by atoms with Gasteiger partial charge in [-0.3, -0.25) is 14.8 Å². The van der Waals surface area contributed by atoms with Gasteiger partial charge >= 0.3 is 0 Å². The number of carbonyl (C=O) groups excluding carboxylic acids is 1. The highest BCUT2D eigenvalue weighted by molar-refractivity contribution is 6.32. The van der Waals surface area contributed by atoms with E-state index >= 15 is 0 Å². The van der Waals surface area contributed by atoms with E-state index in [-0.39, 0.29) is 11.9 Å². The molecule has 2 heterocycles. The van der Waals surface area contributed by atoms with Crippen LogP contribution in [0.4, 0.5) is 0 Å². The second-order valence-electron chi connectivity index (χ2n) is 6.12. The fourth-order valence-corrected chi connectivity index (χ4v) is 2.70. The minimum atomic E-state index is -0.0683. The molecule has 28 heavy (non-hydrogen) atoms. The summed E-state index contributed by atoms with van der Waals surface area (Å²) >= 11 is 6.34. The zero-order valence-electron chi connectivity index (χ0n) is 15.5. The molecule has 1 amide bonds. The quantitative estimate of drug-likeness (QED) is 0.665. The molecular formula is C21H19ClN4O2. The predicted octanol–water partition coefficient (Wildman–Crippen LogP) is 4.52. The fourth-order valence-electron chi connectivity index (χ4n) is 2.48. The summed E-state index contributed by atoms with van der Waals surface area (Å²) in [4.78, 5) is 23.6. The highest BCUT2D eigenvalue weighted by Gasteiger charge is 2.08. The number of nitrogens with zero attached hydrogens (tertiary/aromatic N) is 3. The van der Waals surface area contributed by atoms with Crippen LogP contribution in [0.3, 0.4) is 0 Å². The van der Waals surface area contributed by atoms with Crippen molar-refractivity contribution in [3.63, 3.8) is 0 Å². The average molecular weight is 395 g/mol. The van der Waals surface area contributed by atoms with E-state index in [2.05, 4.69) is 20.3 Å². The van der Waals surface area contributed by atoms with Gasteiger partial charge in [0.15, 0.2) is 0 Å². The van der Waals surface area contributed by atoms with E-state index in [4.69, 9.17) is 16.3 Å². The summed E-state index contributed by atoms with van der Waals surface area (Å²) in [6.45, 7) is 3.39. The molecule has 0 unspecified atom stereocenters. The van der Waals surface area contributed by atoms with Gasteiger partial charge in [0.1, 0.15) is 5.75 Å². The number of pyridine rings is 1. The first-order chi connectivity index (χ1) is 13.5. The number of hydrogen-bond donors (Lipinski definition) is 1.